The third-order valence-electron chi connectivity index (χ3n) is 2.70. The molecule has 0 amide bonds. The lowest BCUT2D eigenvalue weighted by molar-refractivity contribution is -0.0729. The van der Waals surface area contributed by atoms with Crippen LogP contribution in [0.2, 0.25) is 0 Å². The molecule has 0 aromatic carbocycles. The molecule has 0 spiro atoms. The van der Waals surface area contributed by atoms with Crippen LogP contribution in [0.5, 0.6) is 5.88 Å². The summed E-state index contributed by atoms with van der Waals surface area (Å²) in [5, 5.41) is 0. The van der Waals surface area contributed by atoms with Crippen molar-refractivity contribution in [2.75, 3.05) is 5.73 Å². The Balaban J connectivity index is 1.98. The van der Waals surface area contributed by atoms with Crippen molar-refractivity contribution in [3.63, 3.8) is 0 Å². The first-order chi connectivity index (χ1) is 7.63. The molecule has 4 heteroatoms. The highest BCUT2D eigenvalue weighted by Gasteiger charge is 2.25. The predicted molar refractivity (Wildman–Crippen MR) is 62.3 cm³/mol. The van der Waals surface area contributed by atoms with Gasteiger partial charge in [0, 0.05) is 30.8 Å². The van der Waals surface area contributed by atoms with Crippen molar-refractivity contribution in [1.29, 1.82) is 0 Å². The van der Waals surface area contributed by atoms with Gasteiger partial charge in [-0.3, -0.25) is 0 Å². The van der Waals surface area contributed by atoms with E-state index < -0.39 is 0 Å². The molecule has 2 unspecified atom stereocenters. The number of hydrogen-bond acceptors (Lipinski definition) is 4. The molecule has 1 aliphatic rings. The van der Waals surface area contributed by atoms with Crippen LogP contribution in [0.3, 0.4) is 0 Å². The molecule has 0 radical (unpaired) electrons. The van der Waals surface area contributed by atoms with E-state index in [1.165, 1.54) is 0 Å². The lowest BCUT2D eigenvalue weighted by Crippen LogP contribution is -2.35. The van der Waals surface area contributed by atoms with Gasteiger partial charge in [-0.05, 0) is 19.9 Å². The minimum absolute atomic E-state index is 0.174. The summed E-state index contributed by atoms with van der Waals surface area (Å²) in [6.45, 7) is 4.14. The fourth-order valence-electron chi connectivity index (χ4n) is 2.10. The number of nitrogen functional groups attached to an aromatic ring is 1. The maximum atomic E-state index is 5.81. The van der Waals surface area contributed by atoms with E-state index in [0.29, 0.717) is 11.6 Å². The van der Waals surface area contributed by atoms with Crippen LogP contribution in [-0.2, 0) is 4.74 Å². The first-order valence-corrected chi connectivity index (χ1v) is 5.67. The van der Waals surface area contributed by atoms with Gasteiger partial charge in [-0.1, -0.05) is 0 Å². The van der Waals surface area contributed by atoms with Crippen molar-refractivity contribution in [3.05, 3.63) is 18.3 Å². The standard InChI is InChI=1S/C12H18N2O2/c1-8-5-11(6-9(2)15-8)16-12-7-10(13)3-4-14-12/h3-4,7-9,11H,5-6H2,1-2H3,(H2,13,14). The molecule has 2 N–H and O–H groups in total. The lowest BCUT2D eigenvalue weighted by atomic mass is 10.0. The lowest BCUT2D eigenvalue weighted by Gasteiger charge is -2.31. The molecule has 88 valence electrons. The summed E-state index contributed by atoms with van der Waals surface area (Å²) in [7, 11) is 0. The van der Waals surface area contributed by atoms with Crippen molar-refractivity contribution >= 4 is 5.69 Å². The zero-order chi connectivity index (χ0) is 11.5. The Hall–Kier alpha value is -1.29. The van der Waals surface area contributed by atoms with Gasteiger partial charge < -0.3 is 15.2 Å². The Morgan fingerprint density at radius 1 is 1.38 bits per heavy atom. The van der Waals surface area contributed by atoms with Crippen LogP contribution in [0.4, 0.5) is 5.69 Å². The van der Waals surface area contributed by atoms with Gasteiger partial charge in [-0.15, -0.1) is 0 Å². The van der Waals surface area contributed by atoms with Gasteiger partial charge >= 0.3 is 0 Å². The molecule has 2 rings (SSSR count). The van der Waals surface area contributed by atoms with Gasteiger partial charge in [0.15, 0.2) is 0 Å². The van der Waals surface area contributed by atoms with Gasteiger partial charge in [0.25, 0.3) is 0 Å². The Morgan fingerprint density at radius 2 is 2.06 bits per heavy atom. The van der Waals surface area contributed by atoms with Crippen molar-refractivity contribution in [3.8, 4) is 5.88 Å². The topological polar surface area (TPSA) is 57.4 Å². The largest absolute Gasteiger partial charge is 0.474 e. The average Bonchev–Trinajstić information content (AvgIpc) is 2.15. The van der Waals surface area contributed by atoms with Crippen LogP contribution in [0.1, 0.15) is 26.7 Å². The molecule has 4 nitrogen and oxygen atoms in total. The molecule has 1 aromatic rings. The summed E-state index contributed by atoms with van der Waals surface area (Å²) in [6.07, 6.45) is 4.14. The normalized spacial score (nSPS) is 30.0. The molecule has 1 aliphatic heterocycles. The Labute approximate surface area is 95.8 Å². The number of ether oxygens (including phenoxy) is 2. The number of hydrogen-bond donors (Lipinski definition) is 1. The van der Waals surface area contributed by atoms with Gasteiger partial charge in [-0.2, -0.15) is 0 Å². The van der Waals surface area contributed by atoms with Crippen LogP contribution in [0.15, 0.2) is 18.3 Å². The molecule has 1 fully saturated rings. The molecular formula is C12H18N2O2. The number of nitrogens with zero attached hydrogens (tertiary/aromatic N) is 1. The summed E-state index contributed by atoms with van der Waals surface area (Å²) < 4.78 is 11.5. The third-order valence-corrected chi connectivity index (χ3v) is 2.70. The van der Waals surface area contributed by atoms with Crippen molar-refractivity contribution in [2.24, 2.45) is 0 Å². The fourth-order valence-corrected chi connectivity index (χ4v) is 2.10. The monoisotopic (exact) mass is 222 g/mol. The second kappa shape index (κ2) is 4.70. The summed E-state index contributed by atoms with van der Waals surface area (Å²) >= 11 is 0. The van der Waals surface area contributed by atoms with Crippen LogP contribution < -0.4 is 10.5 Å². The highest BCUT2D eigenvalue weighted by molar-refractivity contribution is 5.39. The highest BCUT2D eigenvalue weighted by Crippen LogP contribution is 2.23. The molecule has 0 aliphatic carbocycles. The minimum Gasteiger partial charge on any atom is -0.474 e. The third kappa shape index (κ3) is 2.85. The molecule has 2 heterocycles. The molecule has 0 bridgehead atoms. The van der Waals surface area contributed by atoms with E-state index in [2.05, 4.69) is 18.8 Å². The Kier molecular flexibility index (Phi) is 3.29. The molecule has 1 saturated heterocycles. The van der Waals surface area contributed by atoms with Gasteiger partial charge in [0.1, 0.15) is 6.10 Å². The molecule has 2 atom stereocenters. The smallest absolute Gasteiger partial charge is 0.215 e. The number of nitrogens with two attached hydrogens (primary N) is 1. The van der Waals surface area contributed by atoms with E-state index in [0.717, 1.165) is 12.8 Å². The second-order valence-corrected chi connectivity index (χ2v) is 4.40. The number of pyridine rings is 1. The minimum atomic E-state index is 0.174. The van der Waals surface area contributed by atoms with Crippen LogP contribution in [0, 0.1) is 0 Å². The molecular weight excluding hydrogens is 204 g/mol. The van der Waals surface area contributed by atoms with Crippen LogP contribution in [-0.4, -0.2) is 23.3 Å². The quantitative estimate of drug-likeness (QED) is 0.831. The van der Waals surface area contributed by atoms with E-state index >= 15 is 0 Å². The SMILES string of the molecule is CC1CC(Oc2cc(N)ccn2)CC(C)O1. The number of rotatable bonds is 2. The fraction of sp³-hybridized carbons (Fsp3) is 0.583. The molecule has 1 aromatic heterocycles. The van der Waals surface area contributed by atoms with Crippen molar-refractivity contribution in [1.82, 2.24) is 4.98 Å². The van der Waals surface area contributed by atoms with Crippen molar-refractivity contribution < 1.29 is 9.47 Å². The summed E-state index contributed by atoms with van der Waals surface area (Å²) in [4.78, 5) is 4.14. The first-order valence-electron chi connectivity index (χ1n) is 5.67. The Bertz CT molecular complexity index is 347. The van der Waals surface area contributed by atoms with Crippen LogP contribution >= 0.6 is 0 Å². The summed E-state index contributed by atoms with van der Waals surface area (Å²) in [5.41, 5.74) is 6.35. The average molecular weight is 222 g/mol. The summed E-state index contributed by atoms with van der Waals surface area (Å²) in [5.74, 6) is 0.603. The zero-order valence-electron chi connectivity index (χ0n) is 9.72. The van der Waals surface area contributed by atoms with E-state index in [4.69, 9.17) is 15.2 Å². The number of aromatic nitrogens is 1. The number of anilines is 1. The maximum Gasteiger partial charge on any atom is 0.215 e. The molecule has 16 heavy (non-hydrogen) atoms. The zero-order valence-corrected chi connectivity index (χ0v) is 9.72. The van der Waals surface area contributed by atoms with Gasteiger partial charge in [0.05, 0.1) is 12.2 Å². The second-order valence-electron chi connectivity index (χ2n) is 4.40. The first kappa shape index (κ1) is 11.2. The highest BCUT2D eigenvalue weighted by atomic mass is 16.5. The molecule has 0 saturated carbocycles. The van der Waals surface area contributed by atoms with E-state index in [1.807, 2.05) is 0 Å². The van der Waals surface area contributed by atoms with E-state index in [9.17, 15) is 0 Å². The van der Waals surface area contributed by atoms with Gasteiger partial charge in [0.2, 0.25) is 5.88 Å². The van der Waals surface area contributed by atoms with E-state index in [-0.39, 0.29) is 18.3 Å². The maximum absolute atomic E-state index is 5.81. The van der Waals surface area contributed by atoms with Gasteiger partial charge in [-0.25, -0.2) is 4.98 Å². The predicted octanol–water partition coefficient (Wildman–Crippen LogP) is 2.00. The van der Waals surface area contributed by atoms with E-state index in [1.54, 1.807) is 18.3 Å². The van der Waals surface area contributed by atoms with Crippen molar-refractivity contribution in [2.45, 2.75) is 45.0 Å². The summed E-state index contributed by atoms with van der Waals surface area (Å²) in [6, 6.07) is 3.51. The Morgan fingerprint density at radius 3 is 2.69 bits per heavy atom. The van der Waals surface area contributed by atoms with Crippen LogP contribution in [0.25, 0.3) is 0 Å².